The third-order valence-electron chi connectivity index (χ3n) is 3.67. The van der Waals surface area contributed by atoms with Crippen LogP contribution in [0.15, 0.2) is 18.2 Å². The van der Waals surface area contributed by atoms with Crippen LogP contribution in [0.2, 0.25) is 0 Å². The lowest BCUT2D eigenvalue weighted by molar-refractivity contribution is -0.125. The van der Waals surface area contributed by atoms with Gasteiger partial charge in [-0.25, -0.2) is 4.79 Å². The molecule has 0 aliphatic carbocycles. The summed E-state index contributed by atoms with van der Waals surface area (Å²) in [6, 6.07) is 4.41. The lowest BCUT2D eigenvalue weighted by atomic mass is 10.2. The number of amides is 3. The number of rotatable bonds is 9. The number of alkyl carbamates (subject to hydrolysis) is 1. The second-order valence-corrected chi connectivity index (χ2v) is 5.65. The van der Waals surface area contributed by atoms with Gasteiger partial charge in [-0.05, 0) is 40.0 Å². The SMILES string of the molecule is CCOc1ccc(NC(=O)CN(C)[C@H](C)C(=O)NC(=O)OC)cc1OCC. The van der Waals surface area contributed by atoms with Crippen molar-refractivity contribution in [2.24, 2.45) is 0 Å². The predicted octanol–water partition coefficient (Wildman–Crippen LogP) is 1.63. The molecule has 150 valence electrons. The van der Waals surface area contributed by atoms with E-state index in [9.17, 15) is 14.4 Å². The first-order chi connectivity index (χ1) is 12.8. The predicted molar refractivity (Wildman–Crippen MR) is 100 cm³/mol. The second kappa shape index (κ2) is 11.0. The Morgan fingerprint density at radius 3 is 2.33 bits per heavy atom. The van der Waals surface area contributed by atoms with E-state index in [1.807, 2.05) is 13.8 Å². The zero-order chi connectivity index (χ0) is 20.4. The van der Waals surface area contributed by atoms with Gasteiger partial charge in [-0.15, -0.1) is 0 Å². The van der Waals surface area contributed by atoms with Gasteiger partial charge in [0.2, 0.25) is 11.8 Å². The van der Waals surface area contributed by atoms with Crippen LogP contribution in [-0.2, 0) is 14.3 Å². The van der Waals surface area contributed by atoms with E-state index in [4.69, 9.17) is 9.47 Å². The zero-order valence-corrected chi connectivity index (χ0v) is 16.3. The van der Waals surface area contributed by atoms with Crippen LogP contribution in [-0.4, -0.2) is 62.8 Å². The minimum absolute atomic E-state index is 0.0487. The first kappa shape index (κ1) is 22.2. The van der Waals surface area contributed by atoms with Gasteiger partial charge in [0.25, 0.3) is 0 Å². The number of likely N-dealkylation sites (N-methyl/N-ethyl adjacent to an activating group) is 1. The molecule has 0 heterocycles. The normalized spacial score (nSPS) is 11.5. The summed E-state index contributed by atoms with van der Waals surface area (Å²) in [6.45, 7) is 6.23. The van der Waals surface area contributed by atoms with Crippen molar-refractivity contribution in [2.45, 2.75) is 26.8 Å². The van der Waals surface area contributed by atoms with Crippen molar-refractivity contribution in [3.8, 4) is 11.5 Å². The first-order valence-electron chi connectivity index (χ1n) is 8.60. The minimum atomic E-state index is -0.845. The molecule has 1 aromatic rings. The number of imide groups is 1. The zero-order valence-electron chi connectivity index (χ0n) is 16.3. The van der Waals surface area contributed by atoms with Crippen molar-refractivity contribution in [2.75, 3.05) is 39.2 Å². The summed E-state index contributed by atoms with van der Waals surface area (Å²) in [5, 5.41) is 4.82. The Labute approximate surface area is 158 Å². The van der Waals surface area contributed by atoms with Crippen LogP contribution in [0, 0.1) is 0 Å². The van der Waals surface area contributed by atoms with E-state index in [0.29, 0.717) is 30.4 Å². The number of benzene rings is 1. The molecule has 1 atom stereocenters. The quantitative estimate of drug-likeness (QED) is 0.669. The van der Waals surface area contributed by atoms with Crippen molar-refractivity contribution < 1.29 is 28.6 Å². The van der Waals surface area contributed by atoms with Gasteiger partial charge >= 0.3 is 6.09 Å². The highest BCUT2D eigenvalue weighted by Crippen LogP contribution is 2.30. The number of nitrogens with zero attached hydrogens (tertiary/aromatic N) is 1. The standard InChI is InChI=1S/C18H27N3O6/c1-6-26-14-9-8-13(10-15(14)27-7-2)19-16(22)11-21(4)12(3)17(23)20-18(24)25-5/h8-10,12H,6-7,11H2,1-5H3,(H,19,22)(H,20,23,24)/t12-/m1/s1. The van der Waals surface area contributed by atoms with Crippen LogP contribution in [0.5, 0.6) is 11.5 Å². The van der Waals surface area contributed by atoms with E-state index in [2.05, 4.69) is 15.4 Å². The minimum Gasteiger partial charge on any atom is -0.490 e. The molecule has 0 aliphatic heterocycles. The van der Waals surface area contributed by atoms with Crippen LogP contribution in [0.25, 0.3) is 0 Å². The highest BCUT2D eigenvalue weighted by atomic mass is 16.5. The number of nitrogens with one attached hydrogen (secondary N) is 2. The summed E-state index contributed by atoms with van der Waals surface area (Å²) in [4.78, 5) is 36.8. The van der Waals surface area contributed by atoms with E-state index < -0.39 is 18.0 Å². The van der Waals surface area contributed by atoms with E-state index >= 15 is 0 Å². The van der Waals surface area contributed by atoms with Gasteiger partial charge in [0, 0.05) is 11.8 Å². The Bertz CT molecular complexity index is 664. The van der Waals surface area contributed by atoms with Crippen molar-refractivity contribution in [3.63, 3.8) is 0 Å². The molecule has 9 heteroatoms. The van der Waals surface area contributed by atoms with E-state index in [1.54, 1.807) is 32.2 Å². The van der Waals surface area contributed by atoms with Crippen molar-refractivity contribution >= 4 is 23.6 Å². The van der Waals surface area contributed by atoms with Crippen LogP contribution in [0.3, 0.4) is 0 Å². The monoisotopic (exact) mass is 381 g/mol. The van der Waals surface area contributed by atoms with Gasteiger partial charge in [-0.3, -0.25) is 19.8 Å². The fourth-order valence-corrected chi connectivity index (χ4v) is 2.15. The molecule has 3 amide bonds. The number of hydrogen-bond donors (Lipinski definition) is 2. The fraction of sp³-hybridized carbons (Fsp3) is 0.500. The molecule has 0 fully saturated rings. The van der Waals surface area contributed by atoms with Crippen LogP contribution >= 0.6 is 0 Å². The van der Waals surface area contributed by atoms with E-state index in [1.165, 1.54) is 4.90 Å². The molecule has 0 bridgehead atoms. The highest BCUT2D eigenvalue weighted by molar-refractivity contribution is 5.96. The highest BCUT2D eigenvalue weighted by Gasteiger charge is 2.22. The number of hydrogen-bond acceptors (Lipinski definition) is 7. The molecule has 0 aromatic heterocycles. The molecule has 27 heavy (non-hydrogen) atoms. The van der Waals surface area contributed by atoms with E-state index in [-0.39, 0.29) is 12.5 Å². The summed E-state index contributed by atoms with van der Waals surface area (Å²) >= 11 is 0. The lowest BCUT2D eigenvalue weighted by Crippen LogP contribution is -2.47. The van der Waals surface area contributed by atoms with Crippen LogP contribution < -0.4 is 20.1 Å². The van der Waals surface area contributed by atoms with Gasteiger partial charge in [-0.1, -0.05) is 0 Å². The fourth-order valence-electron chi connectivity index (χ4n) is 2.15. The average Bonchev–Trinajstić information content (AvgIpc) is 2.63. The summed E-state index contributed by atoms with van der Waals surface area (Å²) in [6.07, 6.45) is -0.845. The number of anilines is 1. The van der Waals surface area contributed by atoms with Gasteiger partial charge < -0.3 is 19.5 Å². The average molecular weight is 381 g/mol. The molecule has 0 saturated heterocycles. The molecule has 0 saturated carbocycles. The second-order valence-electron chi connectivity index (χ2n) is 5.65. The van der Waals surface area contributed by atoms with Gasteiger partial charge in [0.15, 0.2) is 11.5 Å². The Morgan fingerprint density at radius 2 is 1.74 bits per heavy atom. The number of carbonyl (C=O) groups excluding carboxylic acids is 3. The third-order valence-corrected chi connectivity index (χ3v) is 3.67. The first-order valence-corrected chi connectivity index (χ1v) is 8.60. The smallest absolute Gasteiger partial charge is 0.413 e. The molecule has 0 spiro atoms. The summed E-state index contributed by atoms with van der Waals surface area (Å²) in [5.41, 5.74) is 0.548. The summed E-state index contributed by atoms with van der Waals surface area (Å²) in [5.74, 6) is 0.262. The molecule has 0 aliphatic rings. The van der Waals surface area contributed by atoms with Crippen LogP contribution in [0.4, 0.5) is 10.5 Å². The largest absolute Gasteiger partial charge is 0.490 e. The number of carbonyl (C=O) groups is 3. The van der Waals surface area contributed by atoms with Crippen molar-refractivity contribution in [1.29, 1.82) is 0 Å². The van der Waals surface area contributed by atoms with Crippen molar-refractivity contribution in [3.05, 3.63) is 18.2 Å². The van der Waals surface area contributed by atoms with Gasteiger partial charge in [-0.2, -0.15) is 0 Å². The third kappa shape index (κ3) is 7.14. The van der Waals surface area contributed by atoms with E-state index in [0.717, 1.165) is 7.11 Å². The Hall–Kier alpha value is -2.81. The molecule has 1 rings (SSSR count). The summed E-state index contributed by atoms with van der Waals surface area (Å²) in [7, 11) is 2.77. The van der Waals surface area contributed by atoms with Crippen molar-refractivity contribution in [1.82, 2.24) is 10.2 Å². The topological polar surface area (TPSA) is 106 Å². The van der Waals surface area contributed by atoms with Gasteiger partial charge in [0.05, 0.1) is 32.9 Å². The summed E-state index contributed by atoms with van der Waals surface area (Å²) < 4.78 is 15.4. The Morgan fingerprint density at radius 1 is 1.11 bits per heavy atom. The lowest BCUT2D eigenvalue weighted by Gasteiger charge is -2.22. The molecular weight excluding hydrogens is 354 g/mol. The Balaban J connectivity index is 2.69. The maximum atomic E-state index is 12.3. The molecule has 2 N–H and O–H groups in total. The molecule has 9 nitrogen and oxygen atoms in total. The molecule has 0 radical (unpaired) electrons. The van der Waals surface area contributed by atoms with Crippen LogP contribution in [0.1, 0.15) is 20.8 Å². The molecular formula is C18H27N3O6. The Kier molecular flexibility index (Phi) is 9.07. The maximum Gasteiger partial charge on any atom is 0.413 e. The molecule has 0 unspecified atom stereocenters. The number of methoxy groups -OCH3 is 1. The molecule has 1 aromatic carbocycles. The van der Waals surface area contributed by atoms with Gasteiger partial charge in [0.1, 0.15) is 0 Å². The number of ether oxygens (including phenoxy) is 3. The maximum absolute atomic E-state index is 12.3.